The second-order valence-electron chi connectivity index (χ2n) is 6.20. The normalized spacial score (nSPS) is 23.9. The Labute approximate surface area is 124 Å². The third kappa shape index (κ3) is 1.99. The Morgan fingerprint density at radius 2 is 2.19 bits per heavy atom. The van der Waals surface area contributed by atoms with Crippen molar-refractivity contribution in [3.05, 3.63) is 36.3 Å². The van der Waals surface area contributed by atoms with Crippen LogP contribution in [0.2, 0.25) is 0 Å². The summed E-state index contributed by atoms with van der Waals surface area (Å²) in [6.45, 7) is 6.09. The molecule has 0 aromatic carbocycles. The highest BCUT2D eigenvalue weighted by Gasteiger charge is 2.39. The van der Waals surface area contributed by atoms with Crippen LogP contribution in [0.15, 0.2) is 30.7 Å². The summed E-state index contributed by atoms with van der Waals surface area (Å²) in [7, 11) is 0. The van der Waals surface area contributed by atoms with E-state index < -0.39 is 0 Å². The molecule has 2 aromatic heterocycles. The van der Waals surface area contributed by atoms with Gasteiger partial charge in [0, 0.05) is 30.7 Å². The fraction of sp³-hybridized carbons (Fsp3) is 0.500. The molecular weight excluding hydrogens is 264 g/mol. The minimum Gasteiger partial charge on any atom is -0.487 e. The third-order valence-corrected chi connectivity index (χ3v) is 4.52. The zero-order chi connectivity index (χ0) is 14.4. The van der Waals surface area contributed by atoms with Crippen molar-refractivity contribution in [3.8, 4) is 5.75 Å². The average molecular weight is 284 g/mol. The number of rotatable bonds is 2. The summed E-state index contributed by atoms with van der Waals surface area (Å²) < 4.78 is 8.12. The Morgan fingerprint density at radius 3 is 2.95 bits per heavy atom. The number of ether oxygens (including phenoxy) is 1. The van der Waals surface area contributed by atoms with Gasteiger partial charge in [-0.1, -0.05) is 13.8 Å². The van der Waals surface area contributed by atoms with Gasteiger partial charge in [-0.05, 0) is 24.5 Å². The second-order valence-corrected chi connectivity index (χ2v) is 6.20. The van der Waals surface area contributed by atoms with Crippen LogP contribution in [-0.4, -0.2) is 34.0 Å². The lowest BCUT2D eigenvalue weighted by Crippen LogP contribution is -2.39. The van der Waals surface area contributed by atoms with Crippen molar-refractivity contribution in [2.75, 3.05) is 18.1 Å². The van der Waals surface area contributed by atoms with Crippen LogP contribution in [0.4, 0.5) is 5.82 Å². The van der Waals surface area contributed by atoms with Crippen molar-refractivity contribution in [1.82, 2.24) is 14.8 Å². The van der Waals surface area contributed by atoms with E-state index in [9.17, 15) is 0 Å². The van der Waals surface area contributed by atoms with E-state index in [1.54, 1.807) is 0 Å². The molecule has 0 saturated carbocycles. The van der Waals surface area contributed by atoms with Crippen LogP contribution < -0.4 is 9.64 Å². The summed E-state index contributed by atoms with van der Waals surface area (Å²) in [5, 5.41) is 4.39. The highest BCUT2D eigenvalue weighted by Crippen LogP contribution is 2.42. The maximum atomic E-state index is 6.06. The molecule has 2 aliphatic rings. The smallest absolute Gasteiger partial charge is 0.172 e. The maximum Gasteiger partial charge on any atom is 0.172 e. The highest BCUT2D eigenvalue weighted by atomic mass is 16.5. The predicted molar refractivity (Wildman–Crippen MR) is 80.8 cm³/mol. The molecule has 5 nitrogen and oxygen atoms in total. The number of nitrogens with zero attached hydrogens (tertiary/aromatic N) is 4. The van der Waals surface area contributed by atoms with Crippen LogP contribution in [0.25, 0.3) is 0 Å². The van der Waals surface area contributed by atoms with Gasteiger partial charge in [-0.15, -0.1) is 0 Å². The molecule has 0 N–H and O–H groups in total. The van der Waals surface area contributed by atoms with Gasteiger partial charge < -0.3 is 9.64 Å². The van der Waals surface area contributed by atoms with E-state index in [0.717, 1.165) is 31.1 Å². The molecule has 0 spiro atoms. The zero-order valence-corrected chi connectivity index (χ0v) is 12.4. The maximum absolute atomic E-state index is 6.06. The zero-order valence-electron chi connectivity index (χ0n) is 12.4. The Balaban J connectivity index is 1.68. The van der Waals surface area contributed by atoms with Gasteiger partial charge in [-0.2, -0.15) is 5.10 Å². The molecule has 1 fully saturated rings. The molecule has 2 atom stereocenters. The van der Waals surface area contributed by atoms with Gasteiger partial charge in [-0.3, -0.25) is 4.68 Å². The van der Waals surface area contributed by atoms with E-state index in [4.69, 9.17) is 4.74 Å². The van der Waals surface area contributed by atoms with Crippen molar-refractivity contribution >= 4 is 5.82 Å². The molecule has 1 saturated heterocycles. The summed E-state index contributed by atoms with van der Waals surface area (Å²) in [5.74, 6) is 2.43. The first-order valence-corrected chi connectivity index (χ1v) is 7.61. The molecule has 0 aliphatic carbocycles. The number of fused-ring (bicyclic) bond motifs is 3. The quantitative estimate of drug-likeness (QED) is 0.850. The Kier molecular flexibility index (Phi) is 2.87. The molecule has 4 rings (SSSR count). The summed E-state index contributed by atoms with van der Waals surface area (Å²) in [4.78, 5) is 6.99. The van der Waals surface area contributed by atoms with Crippen LogP contribution in [0.5, 0.6) is 5.75 Å². The molecule has 5 heteroatoms. The fourth-order valence-electron chi connectivity index (χ4n) is 3.44. The topological polar surface area (TPSA) is 43.2 Å². The lowest BCUT2D eigenvalue weighted by Gasteiger charge is -2.33. The van der Waals surface area contributed by atoms with Crippen molar-refractivity contribution in [2.45, 2.75) is 38.3 Å². The van der Waals surface area contributed by atoms with E-state index >= 15 is 0 Å². The summed E-state index contributed by atoms with van der Waals surface area (Å²) in [5.41, 5.74) is 1.25. The molecule has 0 amide bonds. The number of pyridine rings is 1. The van der Waals surface area contributed by atoms with Gasteiger partial charge in [0.1, 0.15) is 6.61 Å². The number of anilines is 1. The molecular formula is C16H20N4O. The average Bonchev–Trinajstić information content (AvgIpc) is 3.15. The minimum absolute atomic E-state index is 0.404. The van der Waals surface area contributed by atoms with Crippen LogP contribution in [0.3, 0.4) is 0 Å². The molecule has 4 heterocycles. The Bertz CT molecular complexity index is 638. The highest BCUT2D eigenvalue weighted by molar-refractivity contribution is 5.60. The van der Waals surface area contributed by atoms with Crippen molar-refractivity contribution < 1.29 is 4.74 Å². The van der Waals surface area contributed by atoms with Gasteiger partial charge in [0.2, 0.25) is 0 Å². The van der Waals surface area contributed by atoms with E-state index in [-0.39, 0.29) is 0 Å². The van der Waals surface area contributed by atoms with Crippen molar-refractivity contribution in [1.29, 1.82) is 0 Å². The minimum atomic E-state index is 0.404. The fourth-order valence-corrected chi connectivity index (χ4v) is 3.44. The number of hydrogen-bond donors (Lipinski definition) is 0. The van der Waals surface area contributed by atoms with E-state index in [2.05, 4.69) is 39.6 Å². The molecule has 2 unspecified atom stereocenters. The first-order chi connectivity index (χ1) is 10.2. The van der Waals surface area contributed by atoms with Crippen LogP contribution in [0, 0.1) is 0 Å². The van der Waals surface area contributed by atoms with Gasteiger partial charge in [0.05, 0.1) is 12.1 Å². The third-order valence-electron chi connectivity index (χ3n) is 4.52. The first kappa shape index (κ1) is 12.7. The Hall–Kier alpha value is -2.04. The molecule has 2 aliphatic heterocycles. The van der Waals surface area contributed by atoms with E-state index in [1.807, 2.05) is 24.7 Å². The van der Waals surface area contributed by atoms with E-state index in [1.165, 1.54) is 5.56 Å². The molecule has 110 valence electrons. The van der Waals surface area contributed by atoms with Crippen LogP contribution >= 0.6 is 0 Å². The summed E-state index contributed by atoms with van der Waals surface area (Å²) >= 11 is 0. The monoisotopic (exact) mass is 284 g/mol. The van der Waals surface area contributed by atoms with Gasteiger partial charge in [0.25, 0.3) is 0 Å². The second kappa shape index (κ2) is 4.76. The predicted octanol–water partition coefficient (Wildman–Crippen LogP) is 2.61. The largest absolute Gasteiger partial charge is 0.487 e. The number of hydrogen-bond acceptors (Lipinski definition) is 4. The van der Waals surface area contributed by atoms with Crippen LogP contribution in [-0.2, 0) is 0 Å². The lowest BCUT2D eigenvalue weighted by atomic mass is 10.0. The Morgan fingerprint density at radius 1 is 1.29 bits per heavy atom. The van der Waals surface area contributed by atoms with Gasteiger partial charge in [0.15, 0.2) is 11.6 Å². The van der Waals surface area contributed by atoms with E-state index in [0.29, 0.717) is 18.0 Å². The SMILES string of the molecule is CC(C)c1ccnc2c1OCC1CC(n3cccn3)CN21. The molecule has 2 aromatic rings. The summed E-state index contributed by atoms with van der Waals surface area (Å²) in [6, 6.07) is 4.87. The molecule has 0 radical (unpaired) electrons. The summed E-state index contributed by atoms with van der Waals surface area (Å²) in [6.07, 6.45) is 6.86. The number of aromatic nitrogens is 3. The van der Waals surface area contributed by atoms with Crippen molar-refractivity contribution in [2.24, 2.45) is 0 Å². The molecule has 21 heavy (non-hydrogen) atoms. The lowest BCUT2D eigenvalue weighted by molar-refractivity contribution is 0.263. The van der Waals surface area contributed by atoms with Crippen molar-refractivity contribution in [3.63, 3.8) is 0 Å². The van der Waals surface area contributed by atoms with Gasteiger partial charge in [-0.25, -0.2) is 4.98 Å². The van der Waals surface area contributed by atoms with Crippen LogP contribution in [0.1, 0.15) is 37.8 Å². The molecule has 0 bridgehead atoms. The standard InChI is InChI=1S/C16H20N4O/c1-11(2)14-4-6-17-16-15(14)21-10-13-8-12(9-19(13)16)20-7-3-5-18-20/h3-7,11-13H,8-10H2,1-2H3. The van der Waals surface area contributed by atoms with Gasteiger partial charge >= 0.3 is 0 Å². The first-order valence-electron chi connectivity index (χ1n) is 7.61.